The average Bonchev–Trinajstić information content (AvgIpc) is 2.60. The highest BCUT2D eigenvalue weighted by Gasteiger charge is 2.25. The highest BCUT2D eigenvalue weighted by Crippen LogP contribution is 2.18. The van der Waals surface area contributed by atoms with E-state index in [0.717, 1.165) is 50.5 Å². The Labute approximate surface area is 147 Å². The van der Waals surface area contributed by atoms with Crippen LogP contribution in [0.1, 0.15) is 45.6 Å². The summed E-state index contributed by atoms with van der Waals surface area (Å²) < 4.78 is 0. The number of carbonyl (C=O) groups is 1. The summed E-state index contributed by atoms with van der Waals surface area (Å²) in [4.78, 5) is 16.8. The minimum Gasteiger partial charge on any atom is -0.324 e. The maximum Gasteiger partial charge on any atom is 0.321 e. The van der Waals surface area contributed by atoms with E-state index in [1.54, 1.807) is 0 Å². The van der Waals surface area contributed by atoms with Crippen LogP contribution in [0.25, 0.3) is 0 Å². The van der Waals surface area contributed by atoms with Gasteiger partial charge in [-0.25, -0.2) is 4.79 Å². The maximum atomic E-state index is 12.4. The van der Waals surface area contributed by atoms with Gasteiger partial charge in [-0.3, -0.25) is 0 Å². The van der Waals surface area contributed by atoms with E-state index < -0.39 is 0 Å². The van der Waals surface area contributed by atoms with E-state index in [2.05, 4.69) is 50.2 Å². The van der Waals surface area contributed by atoms with Crippen LogP contribution in [0.5, 0.6) is 0 Å². The first-order valence-electron chi connectivity index (χ1n) is 9.34. The quantitative estimate of drug-likeness (QED) is 0.847. The predicted octanol–water partition coefficient (Wildman–Crippen LogP) is 4.22. The Hall–Kier alpha value is -1.55. The van der Waals surface area contributed by atoms with Gasteiger partial charge in [-0.1, -0.05) is 32.9 Å². The Kier molecular flexibility index (Phi) is 7.10. The van der Waals surface area contributed by atoms with E-state index in [1.165, 1.54) is 12.0 Å². The van der Waals surface area contributed by atoms with Gasteiger partial charge < -0.3 is 15.1 Å². The normalized spacial score (nSPS) is 16.0. The Morgan fingerprint density at radius 2 is 1.88 bits per heavy atom. The molecule has 4 nitrogen and oxygen atoms in total. The van der Waals surface area contributed by atoms with Crippen molar-refractivity contribution in [3.8, 4) is 0 Å². The van der Waals surface area contributed by atoms with Crippen molar-refractivity contribution in [2.24, 2.45) is 5.92 Å². The Morgan fingerprint density at radius 1 is 1.25 bits per heavy atom. The summed E-state index contributed by atoms with van der Waals surface area (Å²) in [7, 11) is 2.22. The number of benzene rings is 1. The van der Waals surface area contributed by atoms with E-state index in [-0.39, 0.29) is 6.03 Å². The number of hydrogen-bond acceptors (Lipinski definition) is 2. The second kappa shape index (κ2) is 9.07. The van der Waals surface area contributed by atoms with E-state index >= 15 is 0 Å². The second-order valence-corrected chi connectivity index (χ2v) is 7.36. The van der Waals surface area contributed by atoms with Crippen molar-refractivity contribution in [2.45, 2.75) is 52.5 Å². The first-order chi connectivity index (χ1) is 11.5. The molecule has 1 aliphatic rings. The summed E-state index contributed by atoms with van der Waals surface area (Å²) in [6.07, 6.45) is 4.39. The molecular weight excluding hydrogens is 298 g/mol. The molecule has 1 aliphatic heterocycles. The van der Waals surface area contributed by atoms with Gasteiger partial charge in [-0.2, -0.15) is 0 Å². The van der Waals surface area contributed by atoms with Gasteiger partial charge >= 0.3 is 6.03 Å². The summed E-state index contributed by atoms with van der Waals surface area (Å²) >= 11 is 0. The van der Waals surface area contributed by atoms with E-state index in [1.807, 2.05) is 17.0 Å². The van der Waals surface area contributed by atoms with E-state index in [4.69, 9.17) is 0 Å². The first-order valence-corrected chi connectivity index (χ1v) is 9.34. The lowest BCUT2D eigenvalue weighted by Crippen LogP contribution is -2.47. The van der Waals surface area contributed by atoms with Crippen molar-refractivity contribution < 1.29 is 4.79 Å². The molecule has 1 aromatic carbocycles. The lowest BCUT2D eigenvalue weighted by molar-refractivity contribution is 0.137. The van der Waals surface area contributed by atoms with Gasteiger partial charge in [0.05, 0.1) is 0 Å². The number of nitrogens with zero attached hydrogens (tertiary/aromatic N) is 2. The van der Waals surface area contributed by atoms with Gasteiger partial charge in [0.1, 0.15) is 0 Å². The van der Waals surface area contributed by atoms with Crippen LogP contribution in [0.2, 0.25) is 0 Å². The van der Waals surface area contributed by atoms with Crippen LogP contribution in [-0.2, 0) is 6.42 Å². The van der Waals surface area contributed by atoms with Gasteiger partial charge in [0.25, 0.3) is 0 Å². The van der Waals surface area contributed by atoms with Gasteiger partial charge in [-0.15, -0.1) is 0 Å². The average molecular weight is 332 g/mol. The summed E-state index contributed by atoms with van der Waals surface area (Å²) in [6, 6.07) is 8.77. The minimum absolute atomic E-state index is 0.0301. The monoisotopic (exact) mass is 331 g/mol. The number of piperidine rings is 1. The molecule has 0 aromatic heterocycles. The van der Waals surface area contributed by atoms with Crippen LogP contribution in [0.4, 0.5) is 10.5 Å². The fourth-order valence-electron chi connectivity index (χ4n) is 3.18. The molecular formula is C20H33N3O. The lowest BCUT2D eigenvalue weighted by atomic mass is 10.0. The standard InChI is InChI=1S/C20H33N3O/c1-5-17-6-8-18(9-7-17)21-20(24)23-14-11-19(12-15-23)22(4)13-10-16(2)3/h6-9,16,19H,5,10-15H2,1-4H3,(H,21,24). The number of urea groups is 1. The summed E-state index contributed by atoms with van der Waals surface area (Å²) in [5.41, 5.74) is 2.17. The topological polar surface area (TPSA) is 35.6 Å². The number of nitrogens with one attached hydrogen (secondary N) is 1. The molecule has 1 aromatic rings. The molecule has 0 radical (unpaired) electrons. The molecule has 0 bridgehead atoms. The number of carbonyl (C=O) groups excluding carboxylic acids is 1. The zero-order valence-electron chi connectivity index (χ0n) is 15.7. The van der Waals surface area contributed by atoms with Crippen LogP contribution in [0, 0.1) is 5.92 Å². The highest BCUT2D eigenvalue weighted by molar-refractivity contribution is 5.89. The number of likely N-dealkylation sites (tertiary alicyclic amines) is 1. The number of amides is 2. The molecule has 0 unspecified atom stereocenters. The molecule has 24 heavy (non-hydrogen) atoms. The first kappa shape index (κ1) is 18.8. The molecule has 4 heteroatoms. The smallest absolute Gasteiger partial charge is 0.321 e. The van der Waals surface area contributed by atoms with Crippen molar-refractivity contribution in [3.63, 3.8) is 0 Å². The summed E-state index contributed by atoms with van der Waals surface area (Å²) in [6.45, 7) is 9.51. The molecule has 1 heterocycles. The van der Waals surface area contributed by atoms with Crippen LogP contribution < -0.4 is 5.32 Å². The Morgan fingerprint density at radius 3 is 2.42 bits per heavy atom. The number of aryl methyl sites for hydroxylation is 1. The molecule has 0 atom stereocenters. The van der Waals surface area contributed by atoms with Crippen molar-refractivity contribution in [1.82, 2.24) is 9.80 Å². The highest BCUT2D eigenvalue weighted by atomic mass is 16.2. The van der Waals surface area contributed by atoms with Crippen molar-refractivity contribution in [1.29, 1.82) is 0 Å². The van der Waals surface area contributed by atoms with Gasteiger partial charge in [0.15, 0.2) is 0 Å². The zero-order valence-corrected chi connectivity index (χ0v) is 15.7. The van der Waals surface area contributed by atoms with Gasteiger partial charge in [-0.05, 0) is 62.9 Å². The van der Waals surface area contributed by atoms with Gasteiger partial charge in [0.2, 0.25) is 0 Å². The van der Waals surface area contributed by atoms with Crippen LogP contribution in [-0.4, -0.2) is 48.6 Å². The molecule has 1 fully saturated rings. The number of hydrogen-bond donors (Lipinski definition) is 1. The molecule has 0 aliphatic carbocycles. The van der Waals surface area contributed by atoms with Crippen molar-refractivity contribution >= 4 is 11.7 Å². The van der Waals surface area contributed by atoms with E-state index in [9.17, 15) is 4.79 Å². The summed E-state index contributed by atoms with van der Waals surface area (Å²) in [5, 5.41) is 3.02. The van der Waals surface area contributed by atoms with Crippen molar-refractivity contribution in [2.75, 3.05) is 32.0 Å². The lowest BCUT2D eigenvalue weighted by Gasteiger charge is -2.37. The third kappa shape index (κ3) is 5.52. The largest absolute Gasteiger partial charge is 0.324 e. The molecule has 1 saturated heterocycles. The Bertz CT molecular complexity index is 504. The minimum atomic E-state index is 0.0301. The number of rotatable bonds is 6. The maximum absolute atomic E-state index is 12.4. The molecule has 2 rings (SSSR count). The predicted molar refractivity (Wildman–Crippen MR) is 102 cm³/mol. The van der Waals surface area contributed by atoms with E-state index in [0.29, 0.717) is 6.04 Å². The summed E-state index contributed by atoms with van der Waals surface area (Å²) in [5.74, 6) is 0.748. The van der Waals surface area contributed by atoms with Crippen LogP contribution in [0.3, 0.4) is 0 Å². The Balaban J connectivity index is 1.77. The fraction of sp³-hybridized carbons (Fsp3) is 0.650. The molecule has 134 valence electrons. The number of anilines is 1. The van der Waals surface area contributed by atoms with Crippen LogP contribution in [0.15, 0.2) is 24.3 Å². The molecule has 0 spiro atoms. The van der Waals surface area contributed by atoms with Crippen LogP contribution >= 0.6 is 0 Å². The molecule has 0 saturated carbocycles. The second-order valence-electron chi connectivity index (χ2n) is 7.36. The van der Waals surface area contributed by atoms with Gasteiger partial charge in [0, 0.05) is 24.8 Å². The third-order valence-electron chi connectivity index (χ3n) is 5.05. The fourth-order valence-corrected chi connectivity index (χ4v) is 3.18. The third-order valence-corrected chi connectivity index (χ3v) is 5.05. The molecule has 2 amide bonds. The molecule has 1 N–H and O–H groups in total. The SMILES string of the molecule is CCc1ccc(NC(=O)N2CCC(N(C)CCC(C)C)CC2)cc1. The zero-order chi connectivity index (χ0) is 17.5. The van der Waals surface area contributed by atoms with Crippen molar-refractivity contribution in [3.05, 3.63) is 29.8 Å².